The summed E-state index contributed by atoms with van der Waals surface area (Å²) in [5.74, 6) is 1.23. The van der Waals surface area contributed by atoms with E-state index in [9.17, 15) is 9.59 Å². The van der Waals surface area contributed by atoms with E-state index in [-0.39, 0.29) is 5.91 Å². The Balaban J connectivity index is 1.54. The number of amides is 2. The van der Waals surface area contributed by atoms with Crippen molar-refractivity contribution in [3.8, 4) is 33.9 Å². The molecule has 1 saturated heterocycles. The van der Waals surface area contributed by atoms with Crippen molar-refractivity contribution in [2.24, 2.45) is 0 Å². The van der Waals surface area contributed by atoms with Gasteiger partial charge in [-0.05, 0) is 42.0 Å². The van der Waals surface area contributed by atoms with Gasteiger partial charge in [0.05, 0.1) is 45.0 Å². The average molecular weight is 487 g/mol. The van der Waals surface area contributed by atoms with E-state index < -0.39 is 0 Å². The fraction of sp³-hybridized carbons (Fsp3) is 0.222. The number of ether oxygens (including phenoxy) is 3. The Bertz CT molecular complexity index is 1410. The van der Waals surface area contributed by atoms with Crippen LogP contribution in [0.5, 0.6) is 11.5 Å². The summed E-state index contributed by atoms with van der Waals surface area (Å²) in [7, 11) is 3.18. The Labute approximate surface area is 208 Å². The molecule has 184 valence electrons. The highest BCUT2D eigenvalue weighted by atomic mass is 16.5. The molecular weight excluding hydrogens is 460 g/mol. The number of fused-ring (bicyclic) bond motifs is 1. The second-order valence-corrected chi connectivity index (χ2v) is 8.29. The summed E-state index contributed by atoms with van der Waals surface area (Å²) >= 11 is 0. The third kappa shape index (κ3) is 4.36. The van der Waals surface area contributed by atoms with Gasteiger partial charge in [-0.25, -0.2) is 4.98 Å². The van der Waals surface area contributed by atoms with Gasteiger partial charge in [0.25, 0.3) is 5.91 Å². The maximum Gasteiger partial charge on any atom is 0.254 e. The number of methoxy groups -OCH3 is 2. The number of morpholine rings is 1. The lowest BCUT2D eigenvalue weighted by molar-refractivity contribution is -0.105. The summed E-state index contributed by atoms with van der Waals surface area (Å²) in [6.07, 6.45) is 4.34. The van der Waals surface area contributed by atoms with Gasteiger partial charge in [0, 0.05) is 36.0 Å². The predicted molar refractivity (Wildman–Crippen MR) is 136 cm³/mol. The fourth-order valence-electron chi connectivity index (χ4n) is 4.38. The van der Waals surface area contributed by atoms with E-state index in [0.29, 0.717) is 61.1 Å². The maximum atomic E-state index is 12.8. The van der Waals surface area contributed by atoms with Crippen molar-refractivity contribution in [1.29, 1.82) is 0 Å². The molecule has 0 aliphatic carbocycles. The molecule has 2 amide bonds. The lowest BCUT2D eigenvalue weighted by atomic mass is 10.0. The number of nitrogens with one attached hydrogen (secondary N) is 1. The van der Waals surface area contributed by atoms with Crippen molar-refractivity contribution in [2.45, 2.75) is 0 Å². The number of benzene rings is 2. The standard InChI is InChI=1S/C27H26N4O5/c1-34-24-8-7-20(14-25(24)35-2)23-15-28-26-22(29-17-32)13-21(16-31(23)26)18-3-5-19(6-4-18)27(33)30-9-11-36-12-10-30/h3-8,13-17H,9-12H2,1-2H3,(H,29,32). The van der Waals surface area contributed by atoms with Gasteiger partial charge >= 0.3 is 0 Å². The van der Waals surface area contributed by atoms with Crippen LogP contribution in [0, 0.1) is 0 Å². The predicted octanol–water partition coefficient (Wildman–Crippen LogP) is 3.73. The molecule has 0 saturated carbocycles. The van der Waals surface area contributed by atoms with E-state index in [1.807, 2.05) is 59.1 Å². The topological polar surface area (TPSA) is 94.4 Å². The smallest absolute Gasteiger partial charge is 0.254 e. The van der Waals surface area contributed by atoms with Crippen LogP contribution in [0.4, 0.5) is 5.69 Å². The third-order valence-corrected chi connectivity index (χ3v) is 6.26. The van der Waals surface area contributed by atoms with Gasteiger partial charge in [-0.15, -0.1) is 0 Å². The highest BCUT2D eigenvalue weighted by Crippen LogP contribution is 2.35. The molecule has 0 bridgehead atoms. The Morgan fingerprint density at radius 2 is 1.69 bits per heavy atom. The molecule has 9 nitrogen and oxygen atoms in total. The molecule has 0 radical (unpaired) electrons. The number of carbonyl (C=O) groups is 2. The van der Waals surface area contributed by atoms with E-state index in [1.54, 1.807) is 25.3 Å². The number of aromatic nitrogens is 2. The first kappa shape index (κ1) is 23.4. The number of carbonyl (C=O) groups excluding carboxylic acids is 2. The summed E-state index contributed by atoms with van der Waals surface area (Å²) in [5, 5.41) is 2.76. The molecular formula is C27H26N4O5. The zero-order chi connectivity index (χ0) is 25.1. The number of anilines is 1. The van der Waals surface area contributed by atoms with Crippen molar-refractivity contribution >= 4 is 23.7 Å². The Morgan fingerprint density at radius 1 is 0.972 bits per heavy atom. The number of hydrogen-bond donors (Lipinski definition) is 1. The summed E-state index contributed by atoms with van der Waals surface area (Å²) in [6, 6.07) is 15.0. The molecule has 9 heteroatoms. The fourth-order valence-corrected chi connectivity index (χ4v) is 4.38. The van der Waals surface area contributed by atoms with E-state index >= 15 is 0 Å². The van der Waals surface area contributed by atoms with Gasteiger partial charge in [0.15, 0.2) is 17.1 Å². The van der Waals surface area contributed by atoms with Gasteiger partial charge < -0.3 is 24.4 Å². The molecule has 0 atom stereocenters. The number of rotatable bonds is 7. The molecule has 0 unspecified atom stereocenters. The van der Waals surface area contributed by atoms with Crippen LogP contribution >= 0.6 is 0 Å². The van der Waals surface area contributed by atoms with Crippen LogP contribution in [0.25, 0.3) is 28.0 Å². The van der Waals surface area contributed by atoms with Crippen molar-refractivity contribution in [3.05, 3.63) is 66.5 Å². The normalized spacial score (nSPS) is 13.4. The first-order chi connectivity index (χ1) is 17.6. The van der Waals surface area contributed by atoms with Gasteiger partial charge in [0.2, 0.25) is 6.41 Å². The number of nitrogens with zero attached hydrogens (tertiary/aromatic N) is 3. The monoisotopic (exact) mass is 486 g/mol. The third-order valence-electron chi connectivity index (χ3n) is 6.26. The number of pyridine rings is 1. The van der Waals surface area contributed by atoms with Crippen LogP contribution < -0.4 is 14.8 Å². The summed E-state index contributed by atoms with van der Waals surface area (Å²) in [5.41, 5.74) is 5.26. The molecule has 36 heavy (non-hydrogen) atoms. The first-order valence-corrected chi connectivity index (χ1v) is 11.5. The molecule has 2 aromatic carbocycles. The van der Waals surface area contributed by atoms with Crippen LogP contribution in [-0.2, 0) is 9.53 Å². The SMILES string of the molecule is COc1ccc(-c2cnc3c(NC=O)cc(-c4ccc(C(=O)N5CCOCC5)cc4)cn23)cc1OC. The quantitative estimate of drug-likeness (QED) is 0.400. The van der Waals surface area contributed by atoms with Crippen LogP contribution in [0.15, 0.2) is 60.9 Å². The Morgan fingerprint density at radius 3 is 2.39 bits per heavy atom. The summed E-state index contributed by atoms with van der Waals surface area (Å²) in [4.78, 5) is 30.5. The van der Waals surface area contributed by atoms with Gasteiger partial charge in [-0.1, -0.05) is 12.1 Å². The van der Waals surface area contributed by atoms with Gasteiger partial charge in [-0.3, -0.25) is 14.0 Å². The van der Waals surface area contributed by atoms with Gasteiger partial charge in [-0.2, -0.15) is 0 Å². The van der Waals surface area contributed by atoms with Gasteiger partial charge in [0.1, 0.15) is 0 Å². The minimum Gasteiger partial charge on any atom is -0.493 e. The van der Waals surface area contributed by atoms with E-state index in [2.05, 4.69) is 10.3 Å². The summed E-state index contributed by atoms with van der Waals surface area (Å²) < 4.78 is 18.1. The second kappa shape index (κ2) is 10.1. The molecule has 1 fully saturated rings. The zero-order valence-corrected chi connectivity index (χ0v) is 20.1. The van der Waals surface area contributed by atoms with Crippen LogP contribution in [0.2, 0.25) is 0 Å². The molecule has 1 aliphatic rings. The maximum absolute atomic E-state index is 12.8. The van der Waals surface area contributed by atoms with Crippen molar-refractivity contribution in [1.82, 2.24) is 14.3 Å². The highest BCUT2D eigenvalue weighted by molar-refractivity contribution is 5.95. The lowest BCUT2D eigenvalue weighted by Gasteiger charge is -2.26. The molecule has 2 aromatic heterocycles. The second-order valence-electron chi connectivity index (χ2n) is 8.29. The van der Waals surface area contributed by atoms with Crippen molar-refractivity contribution in [3.63, 3.8) is 0 Å². The molecule has 0 spiro atoms. The molecule has 4 aromatic rings. The first-order valence-electron chi connectivity index (χ1n) is 11.5. The molecule has 5 rings (SSSR count). The summed E-state index contributed by atoms with van der Waals surface area (Å²) in [6.45, 7) is 2.31. The van der Waals surface area contributed by atoms with Crippen LogP contribution in [0.1, 0.15) is 10.4 Å². The Hall–Kier alpha value is -4.37. The van der Waals surface area contributed by atoms with Crippen LogP contribution in [0.3, 0.4) is 0 Å². The van der Waals surface area contributed by atoms with E-state index in [1.165, 1.54) is 0 Å². The minimum absolute atomic E-state index is 0.00559. The lowest BCUT2D eigenvalue weighted by Crippen LogP contribution is -2.40. The van der Waals surface area contributed by atoms with E-state index in [0.717, 1.165) is 22.4 Å². The largest absolute Gasteiger partial charge is 0.493 e. The minimum atomic E-state index is -0.00559. The van der Waals surface area contributed by atoms with Crippen molar-refractivity contribution in [2.75, 3.05) is 45.8 Å². The molecule has 1 N–H and O–H groups in total. The highest BCUT2D eigenvalue weighted by Gasteiger charge is 2.19. The zero-order valence-electron chi connectivity index (χ0n) is 20.1. The molecule has 1 aliphatic heterocycles. The number of imidazole rings is 1. The number of hydrogen-bond acceptors (Lipinski definition) is 6. The van der Waals surface area contributed by atoms with Crippen LogP contribution in [-0.4, -0.2) is 67.1 Å². The van der Waals surface area contributed by atoms with E-state index in [4.69, 9.17) is 14.2 Å². The Kier molecular flexibility index (Phi) is 6.55. The molecule has 3 heterocycles. The average Bonchev–Trinajstić information content (AvgIpc) is 3.37. The van der Waals surface area contributed by atoms with Crippen molar-refractivity contribution < 1.29 is 23.8 Å².